The number of nitrogens with one attached hydrogen (secondary N) is 3. The zero-order valence-corrected chi connectivity index (χ0v) is 24.8. The molecule has 3 N–H and O–H groups in total. The molecule has 2 atom stereocenters. The molecule has 0 aliphatic carbocycles. The van der Waals surface area contributed by atoms with Crippen molar-refractivity contribution < 1.29 is 33.1 Å². The van der Waals surface area contributed by atoms with Crippen LogP contribution in [0.2, 0.25) is 0 Å². The Hall–Kier alpha value is -3.54. The van der Waals surface area contributed by atoms with Crippen molar-refractivity contribution >= 4 is 40.6 Å². The number of halogens is 1. The van der Waals surface area contributed by atoms with E-state index in [1.807, 2.05) is 0 Å². The summed E-state index contributed by atoms with van der Waals surface area (Å²) in [6.07, 6.45) is 7.48. The second-order valence-electron chi connectivity index (χ2n) is 9.84. The van der Waals surface area contributed by atoms with Crippen LogP contribution in [-0.2, 0) is 30.5 Å². The van der Waals surface area contributed by atoms with Gasteiger partial charge in [-0.3, -0.25) is 19.2 Å². The highest BCUT2D eigenvalue weighted by molar-refractivity contribution is 8.13. The molecule has 1 aliphatic heterocycles. The number of cyclic esters (lactones) is 1. The van der Waals surface area contributed by atoms with E-state index in [0.717, 1.165) is 25.3 Å². The smallest absolute Gasteiger partial charge is 0.329 e. The van der Waals surface area contributed by atoms with Crippen molar-refractivity contribution in [3.05, 3.63) is 53.3 Å². The molecule has 2 heterocycles. The van der Waals surface area contributed by atoms with Crippen molar-refractivity contribution in [3.8, 4) is 0 Å². The fourth-order valence-electron chi connectivity index (χ4n) is 3.79. The second kappa shape index (κ2) is 17.3. The summed E-state index contributed by atoms with van der Waals surface area (Å²) in [5.74, 6) is -3.71. The lowest BCUT2D eigenvalue weighted by Gasteiger charge is -2.24. The minimum absolute atomic E-state index is 0.105. The minimum Gasteiger partial charge on any atom is -0.456 e. The van der Waals surface area contributed by atoms with Gasteiger partial charge in [0, 0.05) is 12.2 Å². The number of amides is 3. The van der Waals surface area contributed by atoms with E-state index >= 15 is 0 Å². The number of esters is 1. The summed E-state index contributed by atoms with van der Waals surface area (Å²) in [6.45, 7) is 6.89. The standard InChI is InChI=1S/C29H39FN4O6S/c1-5-7-8-12-24(36)41-15-10-9-11-20-16-23(35)31-17-19-13-14-21(30)26(32-19)28(38)33-22(6-2)27(37)34-25(18(3)4)29(39)40-20/h6,9,11,13-14,18,20,25H,5,7-8,10,12,15-17H2,1-4H3,(H,31,35)(H,33,38)(H,34,37)/b11-9+,22-6-/t20-,25+/m1/s1. The third-order valence-electron chi connectivity index (χ3n) is 6.11. The van der Waals surface area contributed by atoms with Crippen LogP contribution in [0.1, 0.15) is 82.4 Å². The van der Waals surface area contributed by atoms with Crippen molar-refractivity contribution in [2.75, 3.05) is 5.75 Å². The Morgan fingerprint density at radius 2 is 1.95 bits per heavy atom. The molecule has 12 heteroatoms. The Labute approximate surface area is 244 Å². The summed E-state index contributed by atoms with van der Waals surface area (Å²) in [4.78, 5) is 67.5. The van der Waals surface area contributed by atoms with Crippen LogP contribution in [0.15, 0.2) is 36.1 Å². The van der Waals surface area contributed by atoms with Crippen LogP contribution < -0.4 is 16.0 Å². The van der Waals surface area contributed by atoms with E-state index in [1.165, 1.54) is 30.8 Å². The van der Waals surface area contributed by atoms with E-state index in [4.69, 9.17) is 4.74 Å². The molecule has 2 bridgehead atoms. The number of aromatic nitrogens is 1. The SMILES string of the molecule is C/C=C1\NC(=O)c2nc(ccc2F)CNC(=O)C[C@@H](/C=C/CCSC(=O)CCCCC)OC(=O)[C@H](C(C)C)NC1=O. The zero-order valence-electron chi connectivity index (χ0n) is 24.0. The number of carbonyl (C=O) groups excluding carboxylic acids is 5. The highest BCUT2D eigenvalue weighted by Gasteiger charge is 2.30. The van der Waals surface area contributed by atoms with Gasteiger partial charge in [0.05, 0.1) is 18.7 Å². The molecule has 41 heavy (non-hydrogen) atoms. The summed E-state index contributed by atoms with van der Waals surface area (Å²) < 4.78 is 20.0. The summed E-state index contributed by atoms with van der Waals surface area (Å²) in [5.41, 5.74) is -0.523. The van der Waals surface area contributed by atoms with Gasteiger partial charge in [-0.05, 0) is 43.9 Å². The Kier molecular flexibility index (Phi) is 14.2. The summed E-state index contributed by atoms with van der Waals surface area (Å²) in [5, 5.41) is 7.66. The maximum absolute atomic E-state index is 14.4. The Balaban J connectivity index is 2.24. The van der Waals surface area contributed by atoms with Crippen LogP contribution in [0.25, 0.3) is 0 Å². The van der Waals surface area contributed by atoms with Crippen molar-refractivity contribution in [2.45, 2.75) is 84.9 Å². The molecular formula is C29H39FN4O6S. The Morgan fingerprint density at radius 3 is 2.63 bits per heavy atom. The monoisotopic (exact) mass is 590 g/mol. The number of nitrogens with zero attached hydrogens (tertiary/aromatic N) is 1. The molecular weight excluding hydrogens is 551 g/mol. The number of hydrogen-bond acceptors (Lipinski definition) is 8. The lowest BCUT2D eigenvalue weighted by atomic mass is 10.0. The van der Waals surface area contributed by atoms with Gasteiger partial charge in [0.1, 0.15) is 17.8 Å². The van der Waals surface area contributed by atoms with E-state index in [-0.39, 0.29) is 29.5 Å². The molecule has 1 aromatic rings. The van der Waals surface area contributed by atoms with Crippen molar-refractivity contribution in [3.63, 3.8) is 0 Å². The molecule has 0 saturated carbocycles. The van der Waals surface area contributed by atoms with E-state index in [0.29, 0.717) is 18.6 Å². The van der Waals surface area contributed by atoms with Gasteiger partial charge >= 0.3 is 5.97 Å². The number of allylic oxidation sites excluding steroid dienone is 2. The topological polar surface area (TPSA) is 144 Å². The highest BCUT2D eigenvalue weighted by Crippen LogP contribution is 2.14. The third-order valence-corrected chi connectivity index (χ3v) is 7.08. The summed E-state index contributed by atoms with van der Waals surface area (Å²) in [6, 6.07) is 1.28. The summed E-state index contributed by atoms with van der Waals surface area (Å²) in [7, 11) is 0. The lowest BCUT2D eigenvalue weighted by Crippen LogP contribution is -2.48. The molecule has 1 aromatic heterocycles. The number of thioether (sulfide) groups is 1. The molecule has 10 nitrogen and oxygen atoms in total. The van der Waals surface area contributed by atoms with Crippen LogP contribution in [-0.4, -0.2) is 51.7 Å². The van der Waals surface area contributed by atoms with Gasteiger partial charge in [-0.2, -0.15) is 0 Å². The fourth-order valence-corrected chi connectivity index (χ4v) is 4.56. The molecule has 0 saturated heterocycles. The van der Waals surface area contributed by atoms with Crippen LogP contribution >= 0.6 is 11.8 Å². The first-order chi connectivity index (χ1) is 19.5. The van der Waals surface area contributed by atoms with Crippen molar-refractivity contribution in [1.82, 2.24) is 20.9 Å². The Morgan fingerprint density at radius 1 is 1.20 bits per heavy atom. The van der Waals surface area contributed by atoms with Crippen LogP contribution in [0.5, 0.6) is 0 Å². The number of ether oxygens (including phenoxy) is 1. The molecule has 224 valence electrons. The average Bonchev–Trinajstić information content (AvgIpc) is 2.92. The lowest BCUT2D eigenvalue weighted by molar-refractivity contribution is -0.153. The van der Waals surface area contributed by atoms with Gasteiger partial charge in [-0.15, -0.1) is 0 Å². The largest absolute Gasteiger partial charge is 0.456 e. The van der Waals surface area contributed by atoms with Crippen molar-refractivity contribution in [2.24, 2.45) is 5.92 Å². The van der Waals surface area contributed by atoms with Gasteiger partial charge in [0.2, 0.25) is 5.91 Å². The quantitative estimate of drug-likeness (QED) is 0.171. The van der Waals surface area contributed by atoms with Crippen molar-refractivity contribution in [1.29, 1.82) is 0 Å². The molecule has 3 amide bonds. The third kappa shape index (κ3) is 11.5. The van der Waals surface area contributed by atoms with Crippen LogP contribution in [0, 0.1) is 11.7 Å². The first-order valence-corrected chi connectivity index (χ1v) is 14.8. The van der Waals surface area contributed by atoms with Crippen LogP contribution in [0.3, 0.4) is 0 Å². The molecule has 0 unspecified atom stereocenters. The predicted octanol–water partition coefficient (Wildman–Crippen LogP) is 3.71. The van der Waals surface area contributed by atoms with E-state index < -0.39 is 53.3 Å². The molecule has 0 fully saturated rings. The van der Waals surface area contributed by atoms with E-state index in [2.05, 4.69) is 27.9 Å². The van der Waals surface area contributed by atoms with Gasteiger partial charge < -0.3 is 20.7 Å². The molecule has 0 aromatic carbocycles. The number of unbranched alkanes of at least 4 members (excludes halogenated alkanes) is 2. The predicted molar refractivity (Wildman–Crippen MR) is 154 cm³/mol. The van der Waals surface area contributed by atoms with Gasteiger partial charge in [-0.1, -0.05) is 57.5 Å². The van der Waals surface area contributed by atoms with Gasteiger partial charge in [0.25, 0.3) is 11.8 Å². The fraction of sp³-hybridized carbons (Fsp3) is 0.517. The maximum Gasteiger partial charge on any atom is 0.329 e. The molecule has 0 spiro atoms. The second-order valence-corrected chi connectivity index (χ2v) is 11.0. The first-order valence-electron chi connectivity index (χ1n) is 13.8. The Bertz CT molecular complexity index is 1170. The molecule has 2 rings (SSSR count). The average molecular weight is 591 g/mol. The number of fused-ring (bicyclic) bond motifs is 2. The van der Waals surface area contributed by atoms with E-state index in [9.17, 15) is 28.4 Å². The van der Waals surface area contributed by atoms with Crippen LogP contribution in [0.4, 0.5) is 4.39 Å². The van der Waals surface area contributed by atoms with Gasteiger partial charge in [0.15, 0.2) is 16.6 Å². The minimum atomic E-state index is -1.10. The van der Waals surface area contributed by atoms with E-state index in [1.54, 1.807) is 26.0 Å². The highest BCUT2D eigenvalue weighted by atomic mass is 32.2. The molecule has 0 radical (unpaired) electrons. The van der Waals surface area contributed by atoms with Gasteiger partial charge in [-0.25, -0.2) is 14.2 Å². The summed E-state index contributed by atoms with van der Waals surface area (Å²) >= 11 is 1.25. The zero-order chi connectivity index (χ0) is 30.4. The first kappa shape index (κ1) is 33.7. The normalized spacial score (nSPS) is 20.1. The molecule has 1 aliphatic rings. The number of hydrogen-bond donors (Lipinski definition) is 3. The number of pyridine rings is 1. The maximum atomic E-state index is 14.4. The number of rotatable bonds is 9. The number of carbonyl (C=O) groups is 5.